The number of aliphatic hydroxyl groups excluding tert-OH is 1. The highest BCUT2D eigenvalue weighted by Crippen LogP contribution is 2.18. The van der Waals surface area contributed by atoms with Crippen molar-refractivity contribution in [2.75, 3.05) is 20.2 Å². The summed E-state index contributed by atoms with van der Waals surface area (Å²) in [6, 6.07) is 0. The molecule has 0 spiro atoms. The van der Waals surface area contributed by atoms with Crippen molar-refractivity contribution < 1.29 is 19.8 Å². The molecule has 0 saturated heterocycles. The van der Waals surface area contributed by atoms with Crippen molar-refractivity contribution in [2.45, 2.75) is 33.1 Å². The van der Waals surface area contributed by atoms with Gasteiger partial charge in [0.2, 0.25) is 5.91 Å². The SMILES string of the molecule is CN(CCCCCO)C(=O)C(C)(C)C(=O)O. The van der Waals surface area contributed by atoms with E-state index in [1.807, 2.05) is 0 Å². The Bertz CT molecular complexity index is 250. The van der Waals surface area contributed by atoms with Crippen molar-refractivity contribution in [3.8, 4) is 0 Å². The van der Waals surface area contributed by atoms with Gasteiger partial charge in [-0.2, -0.15) is 0 Å². The first-order valence-corrected chi connectivity index (χ1v) is 5.44. The first kappa shape index (κ1) is 14.9. The molecule has 0 aromatic carbocycles. The molecule has 0 unspecified atom stereocenters. The molecule has 0 fully saturated rings. The average Bonchev–Trinajstić information content (AvgIpc) is 2.22. The van der Waals surface area contributed by atoms with E-state index in [2.05, 4.69) is 0 Å². The fourth-order valence-electron chi connectivity index (χ4n) is 1.31. The molecule has 0 radical (unpaired) electrons. The van der Waals surface area contributed by atoms with E-state index in [0.29, 0.717) is 13.0 Å². The van der Waals surface area contributed by atoms with Gasteiger partial charge in [0, 0.05) is 20.2 Å². The number of carbonyl (C=O) groups excluding carboxylic acids is 1. The predicted molar refractivity (Wildman–Crippen MR) is 60.0 cm³/mol. The first-order valence-electron chi connectivity index (χ1n) is 5.44. The summed E-state index contributed by atoms with van der Waals surface area (Å²) in [7, 11) is 1.60. The summed E-state index contributed by atoms with van der Waals surface area (Å²) in [5, 5.41) is 17.5. The normalized spacial score (nSPS) is 11.2. The fourth-order valence-corrected chi connectivity index (χ4v) is 1.31. The van der Waals surface area contributed by atoms with E-state index in [1.165, 1.54) is 18.7 Å². The molecule has 0 aromatic heterocycles. The second kappa shape index (κ2) is 6.48. The maximum absolute atomic E-state index is 11.8. The lowest BCUT2D eigenvalue weighted by molar-refractivity contribution is -0.157. The zero-order valence-corrected chi connectivity index (χ0v) is 10.2. The molecule has 5 heteroatoms. The van der Waals surface area contributed by atoms with Crippen molar-refractivity contribution in [1.82, 2.24) is 4.90 Å². The molecule has 16 heavy (non-hydrogen) atoms. The van der Waals surface area contributed by atoms with Gasteiger partial charge in [0.15, 0.2) is 0 Å². The van der Waals surface area contributed by atoms with Crippen LogP contribution in [0.1, 0.15) is 33.1 Å². The van der Waals surface area contributed by atoms with Gasteiger partial charge in [0.25, 0.3) is 0 Å². The number of hydrogen-bond donors (Lipinski definition) is 2. The number of carboxylic acid groups (broad SMARTS) is 1. The van der Waals surface area contributed by atoms with Gasteiger partial charge >= 0.3 is 5.97 Å². The van der Waals surface area contributed by atoms with E-state index in [9.17, 15) is 9.59 Å². The van der Waals surface area contributed by atoms with Gasteiger partial charge in [-0.25, -0.2) is 0 Å². The van der Waals surface area contributed by atoms with E-state index in [-0.39, 0.29) is 12.5 Å². The molecular weight excluding hydrogens is 210 g/mol. The van der Waals surface area contributed by atoms with E-state index < -0.39 is 11.4 Å². The van der Waals surface area contributed by atoms with Crippen LogP contribution in [0.4, 0.5) is 0 Å². The average molecular weight is 231 g/mol. The van der Waals surface area contributed by atoms with Crippen LogP contribution in [-0.4, -0.2) is 47.2 Å². The largest absolute Gasteiger partial charge is 0.480 e. The summed E-state index contributed by atoms with van der Waals surface area (Å²) < 4.78 is 0. The molecular formula is C11H21NO4. The van der Waals surface area contributed by atoms with Gasteiger partial charge in [-0.05, 0) is 33.1 Å². The van der Waals surface area contributed by atoms with Crippen LogP contribution in [0, 0.1) is 5.41 Å². The standard InChI is InChI=1S/C11H21NO4/c1-11(2,10(15)16)9(14)12(3)7-5-4-6-8-13/h13H,4-8H2,1-3H3,(H,15,16). The summed E-state index contributed by atoms with van der Waals surface area (Å²) >= 11 is 0. The number of unbranched alkanes of at least 4 members (excludes halogenated alkanes) is 2. The number of carbonyl (C=O) groups is 2. The third kappa shape index (κ3) is 4.18. The minimum absolute atomic E-state index is 0.151. The minimum Gasteiger partial charge on any atom is -0.480 e. The van der Waals surface area contributed by atoms with E-state index in [1.54, 1.807) is 7.05 Å². The molecule has 94 valence electrons. The molecule has 1 amide bonds. The van der Waals surface area contributed by atoms with Crippen LogP contribution in [0.5, 0.6) is 0 Å². The second-order valence-corrected chi connectivity index (χ2v) is 4.44. The minimum atomic E-state index is -1.37. The van der Waals surface area contributed by atoms with Crippen molar-refractivity contribution >= 4 is 11.9 Å². The number of hydrogen-bond acceptors (Lipinski definition) is 3. The molecule has 5 nitrogen and oxygen atoms in total. The molecule has 0 aliphatic carbocycles. The van der Waals surface area contributed by atoms with Crippen molar-refractivity contribution in [3.63, 3.8) is 0 Å². The van der Waals surface area contributed by atoms with Gasteiger partial charge in [-0.15, -0.1) is 0 Å². The third-order valence-electron chi connectivity index (χ3n) is 2.57. The van der Waals surface area contributed by atoms with Gasteiger partial charge < -0.3 is 15.1 Å². The topological polar surface area (TPSA) is 77.8 Å². The number of rotatable bonds is 7. The van der Waals surface area contributed by atoms with Gasteiger partial charge in [0.05, 0.1) is 0 Å². The van der Waals surface area contributed by atoms with Crippen LogP contribution in [0.25, 0.3) is 0 Å². The van der Waals surface area contributed by atoms with E-state index >= 15 is 0 Å². The maximum Gasteiger partial charge on any atom is 0.318 e. The summed E-state index contributed by atoms with van der Waals surface area (Å²) in [6.07, 6.45) is 2.32. The zero-order valence-electron chi connectivity index (χ0n) is 10.2. The Morgan fingerprint density at radius 1 is 1.19 bits per heavy atom. The maximum atomic E-state index is 11.8. The van der Waals surface area contributed by atoms with Gasteiger partial charge in [-0.3, -0.25) is 9.59 Å². The van der Waals surface area contributed by atoms with E-state index in [4.69, 9.17) is 10.2 Å². The van der Waals surface area contributed by atoms with Crippen LogP contribution in [0.3, 0.4) is 0 Å². The highest BCUT2D eigenvalue weighted by Gasteiger charge is 2.37. The molecule has 0 saturated carbocycles. The Morgan fingerprint density at radius 3 is 2.19 bits per heavy atom. The van der Waals surface area contributed by atoms with Crippen molar-refractivity contribution in [3.05, 3.63) is 0 Å². The van der Waals surface area contributed by atoms with Crippen LogP contribution in [0.2, 0.25) is 0 Å². The Hall–Kier alpha value is -1.10. The van der Waals surface area contributed by atoms with Gasteiger partial charge in [0.1, 0.15) is 5.41 Å². The predicted octanol–water partition coefficient (Wildman–Crippen LogP) is 0.718. The molecule has 0 aliphatic rings. The van der Waals surface area contributed by atoms with Crippen LogP contribution in [0.15, 0.2) is 0 Å². The summed E-state index contributed by atoms with van der Waals surface area (Å²) in [5.74, 6) is -1.50. The van der Waals surface area contributed by atoms with Crippen LogP contribution < -0.4 is 0 Å². The lowest BCUT2D eigenvalue weighted by Crippen LogP contribution is -2.43. The zero-order chi connectivity index (χ0) is 12.8. The molecule has 0 aliphatic heterocycles. The Morgan fingerprint density at radius 2 is 1.75 bits per heavy atom. The number of aliphatic carboxylic acids is 1. The fraction of sp³-hybridized carbons (Fsp3) is 0.818. The van der Waals surface area contributed by atoms with Gasteiger partial charge in [-0.1, -0.05) is 0 Å². The molecule has 0 atom stereocenters. The molecule has 0 bridgehead atoms. The Labute approximate surface area is 96.1 Å². The number of amides is 1. The van der Waals surface area contributed by atoms with Crippen molar-refractivity contribution in [1.29, 1.82) is 0 Å². The number of nitrogens with zero attached hydrogens (tertiary/aromatic N) is 1. The Balaban J connectivity index is 4.13. The van der Waals surface area contributed by atoms with Crippen LogP contribution in [-0.2, 0) is 9.59 Å². The highest BCUT2D eigenvalue weighted by atomic mass is 16.4. The summed E-state index contributed by atoms with van der Waals surface area (Å²) in [4.78, 5) is 24.1. The molecule has 0 rings (SSSR count). The lowest BCUT2D eigenvalue weighted by Gasteiger charge is -2.25. The Kier molecular flexibility index (Phi) is 6.03. The smallest absolute Gasteiger partial charge is 0.318 e. The van der Waals surface area contributed by atoms with Crippen LogP contribution >= 0.6 is 0 Å². The van der Waals surface area contributed by atoms with E-state index in [0.717, 1.165) is 12.8 Å². The molecule has 2 N–H and O–H groups in total. The third-order valence-corrected chi connectivity index (χ3v) is 2.57. The number of carboxylic acids is 1. The quantitative estimate of drug-likeness (QED) is 0.500. The summed E-state index contributed by atoms with van der Waals surface area (Å²) in [6.45, 7) is 3.48. The van der Waals surface area contributed by atoms with Crippen molar-refractivity contribution in [2.24, 2.45) is 5.41 Å². The monoisotopic (exact) mass is 231 g/mol. The molecule has 0 heterocycles. The highest BCUT2D eigenvalue weighted by molar-refractivity contribution is 6.00. The first-order chi connectivity index (χ1) is 7.34. The second-order valence-electron chi connectivity index (χ2n) is 4.44. The summed E-state index contributed by atoms with van der Waals surface area (Å²) in [5.41, 5.74) is -1.37. The lowest BCUT2D eigenvalue weighted by atomic mass is 9.92. The number of aliphatic hydroxyl groups is 1. The molecule has 0 aromatic rings.